The van der Waals surface area contributed by atoms with Gasteiger partial charge in [0.1, 0.15) is 5.75 Å². The first-order valence-corrected chi connectivity index (χ1v) is 8.88. The SMILES string of the molecule is O=S(=O)(O)C1(Oc2ccccc2)C=Cc2cccc3cccc1c23.[H-].[Na+]. The zero-order valence-corrected chi connectivity index (χ0v) is 16.4. The van der Waals surface area contributed by atoms with Gasteiger partial charge in [0.15, 0.2) is 0 Å². The summed E-state index contributed by atoms with van der Waals surface area (Å²) in [5.74, 6) is 0.358. The quantitative estimate of drug-likeness (QED) is 0.560. The Labute approximate surface area is 169 Å². The second-order valence-corrected chi connectivity index (χ2v) is 7.20. The summed E-state index contributed by atoms with van der Waals surface area (Å²) in [6, 6.07) is 19.6. The summed E-state index contributed by atoms with van der Waals surface area (Å²) in [5.41, 5.74) is 1.29. The maximum absolute atomic E-state index is 12.3. The van der Waals surface area contributed by atoms with Crippen molar-refractivity contribution < 1.29 is 48.7 Å². The van der Waals surface area contributed by atoms with Crippen LogP contribution in [0.25, 0.3) is 16.8 Å². The predicted octanol–water partition coefficient (Wildman–Crippen LogP) is 1.10. The van der Waals surface area contributed by atoms with Gasteiger partial charge in [-0.25, -0.2) is 0 Å². The fraction of sp³-hybridized carbons (Fsp3) is 0.0526. The molecule has 0 saturated heterocycles. The molecule has 0 radical (unpaired) electrons. The maximum Gasteiger partial charge on any atom is 1.00 e. The smallest absolute Gasteiger partial charge is 1.00 e. The Hall–Kier alpha value is -1.63. The van der Waals surface area contributed by atoms with E-state index in [0.29, 0.717) is 11.3 Å². The molecule has 1 aliphatic rings. The monoisotopic (exact) mass is 362 g/mol. The van der Waals surface area contributed by atoms with E-state index in [-0.39, 0.29) is 31.0 Å². The topological polar surface area (TPSA) is 63.6 Å². The molecule has 4 rings (SSSR count). The first-order valence-electron chi connectivity index (χ1n) is 7.44. The van der Waals surface area contributed by atoms with Gasteiger partial charge in [0.2, 0.25) is 0 Å². The van der Waals surface area contributed by atoms with Crippen molar-refractivity contribution >= 4 is 27.0 Å². The fourth-order valence-electron chi connectivity index (χ4n) is 3.12. The van der Waals surface area contributed by atoms with Gasteiger partial charge in [-0.1, -0.05) is 60.7 Å². The Bertz CT molecular complexity index is 1060. The summed E-state index contributed by atoms with van der Waals surface area (Å²) in [4.78, 5) is -1.97. The van der Waals surface area contributed by atoms with E-state index in [0.717, 1.165) is 16.3 Å². The summed E-state index contributed by atoms with van der Waals surface area (Å²) < 4.78 is 40.5. The van der Waals surface area contributed by atoms with E-state index in [1.54, 1.807) is 48.5 Å². The minimum absolute atomic E-state index is 0. The predicted molar refractivity (Wildman–Crippen MR) is 94.4 cm³/mol. The number of para-hydroxylation sites is 1. The molecule has 1 atom stereocenters. The van der Waals surface area contributed by atoms with Crippen molar-refractivity contribution in [3.8, 4) is 5.75 Å². The second kappa shape index (κ2) is 6.59. The molecular formula is C19H15NaO4S. The average molecular weight is 362 g/mol. The first-order chi connectivity index (χ1) is 11.5. The molecule has 0 aliphatic heterocycles. The average Bonchev–Trinajstić information content (AvgIpc) is 2.58. The molecule has 0 amide bonds. The number of hydrogen-bond acceptors (Lipinski definition) is 3. The van der Waals surface area contributed by atoms with Gasteiger partial charge in [-0.05, 0) is 34.5 Å². The van der Waals surface area contributed by atoms with Crippen molar-refractivity contribution in [2.45, 2.75) is 4.93 Å². The summed E-state index contributed by atoms with van der Waals surface area (Å²) in [7, 11) is -4.58. The van der Waals surface area contributed by atoms with Gasteiger partial charge >= 0.3 is 39.7 Å². The van der Waals surface area contributed by atoms with Gasteiger partial charge in [-0.3, -0.25) is 4.55 Å². The number of rotatable bonds is 3. The van der Waals surface area contributed by atoms with Gasteiger partial charge in [-0.15, -0.1) is 0 Å². The van der Waals surface area contributed by atoms with E-state index in [4.69, 9.17) is 4.74 Å². The number of ether oxygens (including phenoxy) is 1. The van der Waals surface area contributed by atoms with Gasteiger partial charge < -0.3 is 6.16 Å². The zero-order valence-electron chi connectivity index (χ0n) is 14.6. The van der Waals surface area contributed by atoms with Crippen molar-refractivity contribution in [3.63, 3.8) is 0 Å². The second-order valence-electron chi connectivity index (χ2n) is 5.64. The number of benzene rings is 3. The van der Waals surface area contributed by atoms with E-state index in [2.05, 4.69) is 0 Å². The molecule has 1 N–H and O–H groups in total. The molecule has 1 unspecified atom stereocenters. The summed E-state index contributed by atoms with van der Waals surface area (Å²) in [6.07, 6.45) is 3.07. The third-order valence-electron chi connectivity index (χ3n) is 4.19. The van der Waals surface area contributed by atoms with Crippen LogP contribution >= 0.6 is 0 Å². The Balaban J connectivity index is 0.00000121. The van der Waals surface area contributed by atoms with Crippen LogP contribution in [0.15, 0.2) is 72.8 Å². The van der Waals surface area contributed by atoms with E-state index < -0.39 is 15.1 Å². The molecule has 0 bridgehead atoms. The summed E-state index contributed by atoms with van der Waals surface area (Å²) in [6.45, 7) is 0. The fourth-order valence-corrected chi connectivity index (χ4v) is 4.01. The van der Waals surface area contributed by atoms with Crippen molar-refractivity contribution in [1.82, 2.24) is 0 Å². The van der Waals surface area contributed by atoms with Gasteiger partial charge in [0.05, 0.1) is 0 Å². The van der Waals surface area contributed by atoms with Gasteiger partial charge in [0.25, 0.3) is 4.93 Å². The molecule has 3 aromatic rings. The summed E-state index contributed by atoms with van der Waals surface area (Å²) in [5, 5.41) is 1.65. The molecule has 0 fully saturated rings. The Morgan fingerprint density at radius 3 is 2.28 bits per heavy atom. The molecule has 0 spiro atoms. The molecule has 122 valence electrons. The molecule has 4 nitrogen and oxygen atoms in total. The molecule has 0 aromatic heterocycles. The summed E-state index contributed by atoms with van der Waals surface area (Å²) >= 11 is 0. The van der Waals surface area contributed by atoms with Crippen LogP contribution in [0.5, 0.6) is 5.75 Å². The minimum atomic E-state index is -4.58. The standard InChI is InChI=1S/C19H14O4S.Na.H/c20-24(21,22)19(23-16-9-2-1-3-10-16)13-12-15-7-4-6-14-8-5-11-17(19)18(14)15;;/h1-13H,(H,20,21,22);;/q;+1;-1. The molecule has 25 heavy (non-hydrogen) atoms. The van der Waals surface area contributed by atoms with Crippen molar-refractivity contribution in [2.24, 2.45) is 0 Å². The molecule has 3 aromatic carbocycles. The van der Waals surface area contributed by atoms with Crippen LogP contribution in [0.3, 0.4) is 0 Å². The maximum atomic E-state index is 12.3. The van der Waals surface area contributed by atoms with Gasteiger partial charge in [-0.2, -0.15) is 8.42 Å². The largest absolute Gasteiger partial charge is 1.00 e. The third kappa shape index (κ3) is 2.92. The van der Waals surface area contributed by atoms with Crippen LogP contribution in [0.4, 0.5) is 0 Å². The minimum Gasteiger partial charge on any atom is -1.00 e. The number of hydrogen-bond donors (Lipinski definition) is 1. The molecule has 0 heterocycles. The van der Waals surface area contributed by atoms with E-state index >= 15 is 0 Å². The van der Waals surface area contributed by atoms with Crippen LogP contribution in [0.1, 0.15) is 12.6 Å². The molecule has 6 heteroatoms. The first kappa shape index (κ1) is 18.2. The van der Waals surface area contributed by atoms with Crippen LogP contribution in [-0.4, -0.2) is 13.0 Å². The van der Waals surface area contributed by atoms with Crippen molar-refractivity contribution in [1.29, 1.82) is 0 Å². The Morgan fingerprint density at radius 1 is 0.920 bits per heavy atom. The van der Waals surface area contributed by atoms with Gasteiger partial charge in [0, 0.05) is 5.56 Å². The van der Waals surface area contributed by atoms with Crippen molar-refractivity contribution in [2.75, 3.05) is 0 Å². The zero-order chi connectivity index (χ0) is 16.8. The van der Waals surface area contributed by atoms with Crippen LogP contribution in [0, 0.1) is 0 Å². The third-order valence-corrected chi connectivity index (χ3v) is 5.40. The van der Waals surface area contributed by atoms with Crippen LogP contribution in [-0.2, 0) is 15.1 Å². The van der Waals surface area contributed by atoms with E-state index in [1.165, 1.54) is 6.08 Å². The molecule has 0 saturated carbocycles. The van der Waals surface area contributed by atoms with Crippen molar-refractivity contribution in [3.05, 3.63) is 83.9 Å². The molecular weight excluding hydrogens is 347 g/mol. The van der Waals surface area contributed by atoms with Crippen LogP contribution < -0.4 is 34.3 Å². The molecule has 1 aliphatic carbocycles. The van der Waals surface area contributed by atoms with Crippen LogP contribution in [0.2, 0.25) is 0 Å². The Morgan fingerprint density at radius 2 is 1.60 bits per heavy atom. The normalized spacial score (nSPS) is 18.6. The van der Waals surface area contributed by atoms with E-state index in [1.807, 2.05) is 24.3 Å². The van der Waals surface area contributed by atoms with E-state index in [9.17, 15) is 13.0 Å². The Kier molecular flexibility index (Phi) is 4.79.